The Labute approximate surface area is 114 Å². The molecule has 1 aliphatic carbocycles. The van der Waals surface area contributed by atoms with Crippen LogP contribution in [0.1, 0.15) is 23.1 Å². The monoisotopic (exact) mass is 278 g/mol. The summed E-state index contributed by atoms with van der Waals surface area (Å²) in [4.78, 5) is 3.80. The first-order valence-corrected chi connectivity index (χ1v) is 6.44. The van der Waals surface area contributed by atoms with Crippen molar-refractivity contribution in [2.45, 2.75) is 25.4 Å². The van der Waals surface area contributed by atoms with Crippen LogP contribution >= 0.6 is 0 Å². The summed E-state index contributed by atoms with van der Waals surface area (Å²) in [6, 6.07) is 8.42. The molecular formula is C15H13F3N2. The van der Waals surface area contributed by atoms with Gasteiger partial charge in [0.2, 0.25) is 0 Å². The fraction of sp³-hybridized carbons (Fsp3) is 0.267. The third kappa shape index (κ3) is 2.61. The number of hydrogen-bond acceptors (Lipinski definition) is 2. The van der Waals surface area contributed by atoms with Crippen molar-refractivity contribution in [2.24, 2.45) is 0 Å². The number of fused-ring (bicyclic) bond motifs is 1. The average molecular weight is 278 g/mol. The number of alkyl halides is 3. The summed E-state index contributed by atoms with van der Waals surface area (Å²) in [7, 11) is 0. The van der Waals surface area contributed by atoms with E-state index in [4.69, 9.17) is 0 Å². The number of nitrogens with one attached hydrogen (secondary N) is 1. The summed E-state index contributed by atoms with van der Waals surface area (Å²) in [5.74, 6) is 0.413. The SMILES string of the molecule is FC(F)(F)c1ccc(Nc2ccc3c(c2)CCC3)nc1. The van der Waals surface area contributed by atoms with Crippen LogP contribution in [0.4, 0.5) is 24.7 Å². The van der Waals surface area contributed by atoms with Crippen LogP contribution in [-0.2, 0) is 19.0 Å². The van der Waals surface area contributed by atoms with Gasteiger partial charge in [-0.05, 0) is 54.7 Å². The standard InChI is InChI=1S/C15H13F3N2/c16-15(17,18)12-5-7-14(19-9-12)20-13-6-4-10-2-1-3-11(10)8-13/h4-9H,1-3H2,(H,19,20). The Hall–Kier alpha value is -2.04. The minimum Gasteiger partial charge on any atom is -0.340 e. The molecule has 0 aliphatic heterocycles. The molecule has 1 N–H and O–H groups in total. The van der Waals surface area contributed by atoms with Crippen LogP contribution in [0.25, 0.3) is 0 Å². The van der Waals surface area contributed by atoms with E-state index in [1.54, 1.807) is 0 Å². The number of aromatic nitrogens is 1. The molecule has 0 atom stereocenters. The number of aryl methyl sites for hydroxylation is 2. The minimum absolute atomic E-state index is 0.413. The van der Waals surface area contributed by atoms with Crippen LogP contribution in [-0.4, -0.2) is 4.98 Å². The molecule has 5 heteroatoms. The predicted molar refractivity (Wildman–Crippen MR) is 71.0 cm³/mol. The van der Waals surface area contributed by atoms with E-state index >= 15 is 0 Å². The number of nitrogens with zero attached hydrogens (tertiary/aromatic N) is 1. The molecule has 1 aliphatic rings. The maximum absolute atomic E-state index is 12.4. The molecule has 0 fully saturated rings. The Morgan fingerprint density at radius 2 is 1.80 bits per heavy atom. The van der Waals surface area contributed by atoms with Gasteiger partial charge in [-0.25, -0.2) is 4.98 Å². The quantitative estimate of drug-likeness (QED) is 0.884. The van der Waals surface area contributed by atoms with E-state index in [1.807, 2.05) is 12.1 Å². The molecule has 1 heterocycles. The molecule has 104 valence electrons. The van der Waals surface area contributed by atoms with Gasteiger partial charge in [0.25, 0.3) is 0 Å². The normalized spacial score (nSPS) is 14.2. The Bertz CT molecular complexity index is 618. The second-order valence-electron chi connectivity index (χ2n) is 4.89. The molecule has 20 heavy (non-hydrogen) atoms. The lowest BCUT2D eigenvalue weighted by Crippen LogP contribution is -2.05. The molecule has 0 saturated carbocycles. The van der Waals surface area contributed by atoms with E-state index in [0.717, 1.165) is 37.2 Å². The summed E-state index contributed by atoms with van der Waals surface area (Å²) >= 11 is 0. The Morgan fingerprint density at radius 1 is 1.00 bits per heavy atom. The van der Waals surface area contributed by atoms with Crippen molar-refractivity contribution in [1.29, 1.82) is 0 Å². The van der Waals surface area contributed by atoms with Crippen LogP contribution in [0.15, 0.2) is 36.5 Å². The summed E-state index contributed by atoms with van der Waals surface area (Å²) in [5, 5.41) is 3.03. The number of benzene rings is 1. The van der Waals surface area contributed by atoms with Crippen molar-refractivity contribution in [1.82, 2.24) is 4.98 Å². The predicted octanol–water partition coefficient (Wildman–Crippen LogP) is 4.33. The highest BCUT2D eigenvalue weighted by molar-refractivity contribution is 5.58. The maximum atomic E-state index is 12.4. The van der Waals surface area contributed by atoms with Crippen LogP contribution in [0.2, 0.25) is 0 Å². The molecular weight excluding hydrogens is 265 g/mol. The maximum Gasteiger partial charge on any atom is 0.417 e. The molecule has 0 saturated heterocycles. The topological polar surface area (TPSA) is 24.9 Å². The van der Waals surface area contributed by atoms with Crippen molar-refractivity contribution >= 4 is 11.5 Å². The van der Waals surface area contributed by atoms with Crippen LogP contribution in [0, 0.1) is 0 Å². The van der Waals surface area contributed by atoms with Crippen LogP contribution in [0.3, 0.4) is 0 Å². The third-order valence-electron chi connectivity index (χ3n) is 3.46. The van der Waals surface area contributed by atoms with E-state index in [2.05, 4.69) is 16.4 Å². The van der Waals surface area contributed by atoms with Gasteiger partial charge >= 0.3 is 6.18 Å². The Kier molecular flexibility index (Phi) is 3.12. The zero-order valence-electron chi connectivity index (χ0n) is 10.7. The summed E-state index contributed by atoms with van der Waals surface area (Å²) < 4.78 is 37.3. The zero-order chi connectivity index (χ0) is 14.2. The Balaban J connectivity index is 1.78. The summed E-state index contributed by atoms with van der Waals surface area (Å²) in [5.41, 5.74) is 2.78. The van der Waals surface area contributed by atoms with Gasteiger partial charge in [-0.1, -0.05) is 6.07 Å². The van der Waals surface area contributed by atoms with Crippen LogP contribution < -0.4 is 5.32 Å². The van der Waals surface area contributed by atoms with Crippen molar-refractivity contribution in [3.8, 4) is 0 Å². The minimum atomic E-state index is -4.35. The van der Waals surface area contributed by atoms with Gasteiger partial charge in [-0.15, -0.1) is 0 Å². The highest BCUT2D eigenvalue weighted by Gasteiger charge is 2.30. The van der Waals surface area contributed by atoms with E-state index in [9.17, 15) is 13.2 Å². The number of anilines is 2. The molecule has 1 aromatic heterocycles. The summed E-state index contributed by atoms with van der Waals surface area (Å²) in [6.45, 7) is 0. The van der Waals surface area contributed by atoms with E-state index in [-0.39, 0.29) is 0 Å². The lowest BCUT2D eigenvalue weighted by molar-refractivity contribution is -0.137. The lowest BCUT2D eigenvalue weighted by Gasteiger charge is -2.09. The average Bonchev–Trinajstić information content (AvgIpc) is 2.86. The highest BCUT2D eigenvalue weighted by Crippen LogP contribution is 2.30. The van der Waals surface area contributed by atoms with E-state index in [0.29, 0.717) is 5.82 Å². The molecule has 0 unspecified atom stereocenters. The second kappa shape index (κ2) is 4.81. The first-order valence-electron chi connectivity index (χ1n) is 6.44. The molecule has 2 nitrogen and oxygen atoms in total. The number of pyridine rings is 1. The number of halogens is 3. The van der Waals surface area contributed by atoms with Crippen molar-refractivity contribution < 1.29 is 13.2 Å². The van der Waals surface area contributed by atoms with Gasteiger partial charge in [-0.3, -0.25) is 0 Å². The van der Waals surface area contributed by atoms with Gasteiger partial charge in [0, 0.05) is 11.9 Å². The molecule has 1 aromatic carbocycles. The van der Waals surface area contributed by atoms with Crippen molar-refractivity contribution in [3.63, 3.8) is 0 Å². The first-order chi connectivity index (χ1) is 9.52. The van der Waals surface area contributed by atoms with Gasteiger partial charge < -0.3 is 5.32 Å². The summed E-state index contributed by atoms with van der Waals surface area (Å²) in [6.07, 6.45) is -0.175. The van der Waals surface area contributed by atoms with E-state index in [1.165, 1.54) is 17.2 Å². The molecule has 0 amide bonds. The fourth-order valence-electron chi connectivity index (χ4n) is 2.43. The van der Waals surface area contributed by atoms with Gasteiger partial charge in [-0.2, -0.15) is 13.2 Å². The van der Waals surface area contributed by atoms with E-state index < -0.39 is 11.7 Å². The van der Waals surface area contributed by atoms with Crippen molar-refractivity contribution in [3.05, 3.63) is 53.2 Å². The smallest absolute Gasteiger partial charge is 0.340 e. The highest BCUT2D eigenvalue weighted by atomic mass is 19.4. The fourth-order valence-corrected chi connectivity index (χ4v) is 2.43. The third-order valence-corrected chi connectivity index (χ3v) is 3.46. The molecule has 3 rings (SSSR count). The van der Waals surface area contributed by atoms with Crippen molar-refractivity contribution in [2.75, 3.05) is 5.32 Å². The van der Waals surface area contributed by atoms with Gasteiger partial charge in [0.15, 0.2) is 0 Å². The lowest BCUT2D eigenvalue weighted by atomic mass is 10.1. The largest absolute Gasteiger partial charge is 0.417 e. The molecule has 0 spiro atoms. The second-order valence-corrected chi connectivity index (χ2v) is 4.89. The first kappa shape index (κ1) is 13.0. The zero-order valence-corrected chi connectivity index (χ0v) is 10.7. The number of hydrogen-bond donors (Lipinski definition) is 1. The van der Waals surface area contributed by atoms with Gasteiger partial charge in [0.1, 0.15) is 5.82 Å². The number of rotatable bonds is 2. The molecule has 2 aromatic rings. The molecule has 0 bridgehead atoms. The molecule has 0 radical (unpaired) electrons. The van der Waals surface area contributed by atoms with Crippen LogP contribution in [0.5, 0.6) is 0 Å². The van der Waals surface area contributed by atoms with Gasteiger partial charge in [0.05, 0.1) is 5.56 Å². The Morgan fingerprint density at radius 3 is 2.50 bits per heavy atom.